The van der Waals surface area contributed by atoms with Crippen molar-refractivity contribution in [3.05, 3.63) is 36.0 Å². The monoisotopic (exact) mass is 210 g/mol. The van der Waals surface area contributed by atoms with Crippen molar-refractivity contribution in [2.45, 2.75) is 0 Å². The summed E-state index contributed by atoms with van der Waals surface area (Å²) in [6, 6.07) is 6.04. The molecule has 78 valence electrons. The maximum atomic E-state index is 9.21. The number of anilines is 1. The molecule has 0 amide bonds. The Morgan fingerprint density at radius 1 is 1.38 bits per heavy atom. The Balaban J connectivity index is 2.21. The molecule has 0 aliphatic carbocycles. The zero-order valence-electron chi connectivity index (χ0n) is 8.64. The van der Waals surface area contributed by atoms with Gasteiger partial charge in [-0.1, -0.05) is 12.2 Å². The highest BCUT2D eigenvalue weighted by molar-refractivity contribution is 5.88. The molecular weight excluding hydrogens is 200 g/mol. The Labute approximate surface area is 92.8 Å². The first-order valence-electron chi connectivity index (χ1n) is 5.17. The molecule has 16 heavy (non-hydrogen) atoms. The normalized spacial score (nSPS) is 14.6. The van der Waals surface area contributed by atoms with E-state index < -0.39 is 0 Å². The van der Waals surface area contributed by atoms with Gasteiger partial charge in [0.25, 0.3) is 0 Å². The minimum absolute atomic E-state index is 0.638. The topological polar surface area (TPSA) is 55.7 Å². The Hall–Kier alpha value is -2.28. The number of nitriles is 1. The van der Waals surface area contributed by atoms with Crippen LogP contribution < -0.4 is 4.90 Å². The number of rotatable bonds is 1. The van der Waals surface area contributed by atoms with Crippen LogP contribution in [0.5, 0.6) is 0 Å². The van der Waals surface area contributed by atoms with Crippen molar-refractivity contribution in [2.75, 3.05) is 18.0 Å². The first-order valence-corrected chi connectivity index (χ1v) is 5.17. The molecule has 2 aromatic heterocycles. The summed E-state index contributed by atoms with van der Waals surface area (Å²) in [6.07, 6.45) is 5.91. The SMILES string of the molecule is N#Cc1c(N2CC=CC2)[nH]c2cccnc12. The molecule has 3 rings (SSSR count). The number of aromatic amines is 1. The highest BCUT2D eigenvalue weighted by Gasteiger charge is 2.18. The molecule has 0 saturated carbocycles. The van der Waals surface area contributed by atoms with Gasteiger partial charge in [0, 0.05) is 19.3 Å². The van der Waals surface area contributed by atoms with Crippen LogP contribution in [0.4, 0.5) is 5.82 Å². The van der Waals surface area contributed by atoms with Gasteiger partial charge in [-0.2, -0.15) is 5.26 Å². The van der Waals surface area contributed by atoms with E-state index >= 15 is 0 Å². The van der Waals surface area contributed by atoms with E-state index in [0.717, 1.165) is 29.9 Å². The Morgan fingerprint density at radius 3 is 2.94 bits per heavy atom. The number of hydrogen-bond donors (Lipinski definition) is 1. The van der Waals surface area contributed by atoms with Gasteiger partial charge in [-0.25, -0.2) is 0 Å². The second kappa shape index (κ2) is 3.38. The maximum Gasteiger partial charge on any atom is 0.127 e. The number of fused-ring (bicyclic) bond motifs is 1. The molecule has 0 spiro atoms. The van der Waals surface area contributed by atoms with Crippen molar-refractivity contribution >= 4 is 16.9 Å². The smallest absolute Gasteiger partial charge is 0.127 e. The van der Waals surface area contributed by atoms with Gasteiger partial charge in [-0.05, 0) is 12.1 Å². The van der Waals surface area contributed by atoms with Crippen LogP contribution in [0.15, 0.2) is 30.5 Å². The second-order valence-corrected chi connectivity index (χ2v) is 3.74. The molecule has 1 N–H and O–H groups in total. The molecular formula is C12H10N4. The molecule has 1 aliphatic heterocycles. The van der Waals surface area contributed by atoms with Crippen molar-refractivity contribution in [2.24, 2.45) is 0 Å². The van der Waals surface area contributed by atoms with Gasteiger partial charge in [-0.3, -0.25) is 4.98 Å². The van der Waals surface area contributed by atoms with Crippen molar-refractivity contribution in [1.29, 1.82) is 5.26 Å². The average molecular weight is 210 g/mol. The largest absolute Gasteiger partial charge is 0.350 e. The third-order valence-corrected chi connectivity index (χ3v) is 2.78. The summed E-state index contributed by atoms with van der Waals surface area (Å²) in [5.74, 6) is 0.876. The number of aromatic nitrogens is 2. The molecule has 0 unspecified atom stereocenters. The summed E-state index contributed by atoms with van der Waals surface area (Å²) in [4.78, 5) is 9.63. The van der Waals surface area contributed by atoms with E-state index in [1.54, 1.807) is 6.20 Å². The van der Waals surface area contributed by atoms with Crippen LogP contribution in [-0.2, 0) is 0 Å². The number of H-pyrrole nitrogens is 1. The average Bonchev–Trinajstić information content (AvgIpc) is 2.95. The van der Waals surface area contributed by atoms with Gasteiger partial charge in [0.15, 0.2) is 0 Å². The van der Waals surface area contributed by atoms with E-state index in [2.05, 4.69) is 33.1 Å². The van der Waals surface area contributed by atoms with Crippen molar-refractivity contribution < 1.29 is 0 Å². The molecule has 0 fully saturated rings. The van der Waals surface area contributed by atoms with Gasteiger partial charge in [0.2, 0.25) is 0 Å². The molecule has 0 saturated heterocycles. The van der Waals surface area contributed by atoms with Gasteiger partial charge in [0.1, 0.15) is 23.0 Å². The fourth-order valence-electron chi connectivity index (χ4n) is 2.01. The molecule has 3 heterocycles. The van der Waals surface area contributed by atoms with Crippen LogP contribution in [0.1, 0.15) is 5.56 Å². The lowest BCUT2D eigenvalue weighted by Gasteiger charge is -2.15. The van der Waals surface area contributed by atoms with E-state index in [4.69, 9.17) is 0 Å². The third kappa shape index (κ3) is 1.18. The van der Waals surface area contributed by atoms with Crippen molar-refractivity contribution in [3.8, 4) is 6.07 Å². The van der Waals surface area contributed by atoms with Crippen LogP contribution in [0.2, 0.25) is 0 Å². The molecule has 0 radical (unpaired) electrons. The Kier molecular flexibility index (Phi) is 1.90. The molecule has 0 bridgehead atoms. The summed E-state index contributed by atoms with van der Waals surface area (Å²) >= 11 is 0. The summed E-state index contributed by atoms with van der Waals surface area (Å²) in [7, 11) is 0. The van der Waals surface area contributed by atoms with E-state index in [1.807, 2.05) is 12.1 Å². The molecule has 1 aliphatic rings. The summed E-state index contributed by atoms with van der Waals surface area (Å²) in [6.45, 7) is 1.70. The Bertz CT molecular complexity index is 595. The highest BCUT2D eigenvalue weighted by Crippen LogP contribution is 2.27. The maximum absolute atomic E-state index is 9.21. The lowest BCUT2D eigenvalue weighted by molar-refractivity contribution is 0.980. The minimum atomic E-state index is 0.638. The van der Waals surface area contributed by atoms with Crippen LogP contribution in [0.3, 0.4) is 0 Å². The fraction of sp³-hybridized carbons (Fsp3) is 0.167. The zero-order valence-corrected chi connectivity index (χ0v) is 8.64. The predicted molar refractivity (Wildman–Crippen MR) is 62.2 cm³/mol. The van der Waals surface area contributed by atoms with Gasteiger partial charge in [-0.15, -0.1) is 0 Å². The second-order valence-electron chi connectivity index (χ2n) is 3.74. The van der Waals surface area contributed by atoms with Gasteiger partial charge >= 0.3 is 0 Å². The lowest BCUT2D eigenvalue weighted by atomic mass is 10.2. The van der Waals surface area contributed by atoms with E-state index in [1.165, 1.54) is 0 Å². The molecule has 2 aromatic rings. The van der Waals surface area contributed by atoms with Crippen molar-refractivity contribution in [3.63, 3.8) is 0 Å². The fourth-order valence-corrected chi connectivity index (χ4v) is 2.01. The van der Waals surface area contributed by atoms with Crippen LogP contribution in [-0.4, -0.2) is 23.1 Å². The van der Waals surface area contributed by atoms with Crippen LogP contribution in [0.25, 0.3) is 11.0 Å². The van der Waals surface area contributed by atoms with Crippen LogP contribution >= 0.6 is 0 Å². The van der Waals surface area contributed by atoms with Gasteiger partial charge < -0.3 is 9.88 Å². The minimum Gasteiger partial charge on any atom is -0.350 e. The zero-order chi connectivity index (χ0) is 11.0. The van der Waals surface area contributed by atoms with E-state index in [-0.39, 0.29) is 0 Å². The summed E-state index contributed by atoms with van der Waals surface area (Å²) in [5, 5.41) is 9.21. The molecule has 0 aromatic carbocycles. The third-order valence-electron chi connectivity index (χ3n) is 2.78. The van der Waals surface area contributed by atoms with E-state index in [9.17, 15) is 5.26 Å². The number of nitrogens with zero attached hydrogens (tertiary/aromatic N) is 3. The Morgan fingerprint density at radius 2 is 2.19 bits per heavy atom. The lowest BCUT2D eigenvalue weighted by Crippen LogP contribution is -2.19. The number of pyridine rings is 1. The number of hydrogen-bond acceptors (Lipinski definition) is 3. The standard InChI is InChI=1S/C12H10N4/c13-8-9-11-10(4-3-5-14-11)15-12(9)16-6-1-2-7-16/h1-5,15H,6-7H2. The number of nitrogens with one attached hydrogen (secondary N) is 1. The quantitative estimate of drug-likeness (QED) is 0.730. The summed E-state index contributed by atoms with van der Waals surface area (Å²) < 4.78 is 0. The van der Waals surface area contributed by atoms with E-state index in [0.29, 0.717) is 5.56 Å². The molecule has 4 nitrogen and oxygen atoms in total. The van der Waals surface area contributed by atoms with Crippen LogP contribution in [0, 0.1) is 11.3 Å². The van der Waals surface area contributed by atoms with Gasteiger partial charge in [0.05, 0.1) is 5.52 Å². The summed E-state index contributed by atoms with van der Waals surface area (Å²) in [5.41, 5.74) is 2.31. The first-order chi connectivity index (χ1) is 7.90. The van der Waals surface area contributed by atoms with Crippen molar-refractivity contribution in [1.82, 2.24) is 9.97 Å². The highest BCUT2D eigenvalue weighted by atomic mass is 15.2. The molecule has 4 heteroatoms. The first kappa shape index (κ1) is 8.98. The predicted octanol–water partition coefficient (Wildman–Crippen LogP) is 1.81. The molecule has 0 atom stereocenters.